The largest absolute Gasteiger partial charge is 0.375 e. The topological polar surface area (TPSA) is 84.5 Å². The summed E-state index contributed by atoms with van der Waals surface area (Å²) in [4.78, 5) is 11.2. The van der Waals surface area contributed by atoms with E-state index in [2.05, 4.69) is 10.0 Å². The maximum absolute atomic E-state index is 11.8. The van der Waals surface area contributed by atoms with Crippen LogP contribution in [-0.4, -0.2) is 34.1 Å². The van der Waals surface area contributed by atoms with Crippen molar-refractivity contribution in [1.29, 1.82) is 0 Å². The van der Waals surface area contributed by atoms with Crippen LogP contribution in [0.3, 0.4) is 0 Å². The summed E-state index contributed by atoms with van der Waals surface area (Å²) in [6, 6.07) is 6.97. The molecule has 0 spiro atoms. The molecule has 0 aliphatic carbocycles. The van der Waals surface area contributed by atoms with Crippen molar-refractivity contribution < 1.29 is 17.9 Å². The van der Waals surface area contributed by atoms with Crippen molar-refractivity contribution in [3.8, 4) is 0 Å². The number of nitrogens with one attached hydrogen (secondary N) is 2. The van der Waals surface area contributed by atoms with E-state index in [-0.39, 0.29) is 24.3 Å². The third-order valence-electron chi connectivity index (χ3n) is 2.56. The van der Waals surface area contributed by atoms with Crippen molar-refractivity contribution in [1.82, 2.24) is 10.0 Å². The van der Waals surface area contributed by atoms with Gasteiger partial charge in [0.2, 0.25) is 15.9 Å². The minimum atomic E-state index is -3.32. The molecule has 0 bridgehead atoms. The lowest BCUT2D eigenvalue weighted by molar-refractivity contribution is -0.124. The van der Waals surface area contributed by atoms with Gasteiger partial charge in [-0.15, -0.1) is 0 Å². The molecule has 0 aliphatic heterocycles. The van der Waals surface area contributed by atoms with Crippen LogP contribution < -0.4 is 10.0 Å². The Kier molecular flexibility index (Phi) is 6.80. The third kappa shape index (κ3) is 7.22. The Hall–Kier alpha value is -1.44. The molecule has 0 atom stereocenters. The summed E-state index contributed by atoms with van der Waals surface area (Å²) in [7, 11) is -1.86. The van der Waals surface area contributed by atoms with Gasteiger partial charge in [-0.1, -0.05) is 24.3 Å². The molecule has 6 nitrogen and oxygen atoms in total. The number of carbonyl (C=O) groups excluding carboxylic acids is 1. The van der Waals surface area contributed by atoms with Gasteiger partial charge in [-0.2, -0.15) is 0 Å². The first-order chi connectivity index (χ1) is 9.82. The zero-order chi connectivity index (χ0) is 15.9. The van der Waals surface area contributed by atoms with Crippen molar-refractivity contribution in [3.05, 3.63) is 35.4 Å². The van der Waals surface area contributed by atoms with E-state index in [1.54, 1.807) is 38.1 Å². The van der Waals surface area contributed by atoms with Crippen LogP contribution in [0.2, 0.25) is 0 Å². The highest BCUT2D eigenvalue weighted by Gasteiger charge is 2.12. The highest BCUT2D eigenvalue weighted by atomic mass is 32.2. The molecule has 0 saturated heterocycles. The quantitative estimate of drug-likeness (QED) is 0.742. The van der Waals surface area contributed by atoms with Gasteiger partial charge < -0.3 is 10.1 Å². The Labute approximate surface area is 125 Å². The number of sulfonamides is 1. The van der Waals surface area contributed by atoms with Gasteiger partial charge >= 0.3 is 0 Å². The van der Waals surface area contributed by atoms with Crippen LogP contribution in [0.25, 0.3) is 0 Å². The fraction of sp³-hybridized carbons (Fsp3) is 0.500. The molecule has 0 aliphatic rings. The molecule has 118 valence electrons. The summed E-state index contributed by atoms with van der Waals surface area (Å²) in [6.07, 6.45) is 0. The lowest BCUT2D eigenvalue weighted by Crippen LogP contribution is -2.31. The summed E-state index contributed by atoms with van der Waals surface area (Å²) in [5, 5.41) is 2.70. The molecule has 7 heteroatoms. The van der Waals surface area contributed by atoms with Gasteiger partial charge in [0.25, 0.3) is 0 Å². The number of carbonyl (C=O) groups is 1. The highest BCUT2D eigenvalue weighted by Crippen LogP contribution is 2.08. The van der Waals surface area contributed by atoms with Gasteiger partial charge in [0, 0.05) is 19.7 Å². The van der Waals surface area contributed by atoms with E-state index in [9.17, 15) is 13.2 Å². The fourth-order valence-electron chi connectivity index (χ4n) is 1.76. The number of hydrogen-bond acceptors (Lipinski definition) is 4. The van der Waals surface area contributed by atoms with Crippen molar-refractivity contribution in [2.75, 3.05) is 13.7 Å². The molecule has 1 amide bonds. The Morgan fingerprint density at radius 3 is 2.29 bits per heavy atom. The molecule has 1 aromatic rings. The summed E-state index contributed by atoms with van der Waals surface area (Å²) < 4.78 is 30.9. The van der Waals surface area contributed by atoms with Crippen LogP contribution in [0.4, 0.5) is 0 Å². The summed E-state index contributed by atoms with van der Waals surface area (Å²) in [5.41, 5.74) is 1.60. The second-order valence-corrected chi connectivity index (χ2v) is 6.81. The Morgan fingerprint density at radius 1 is 1.19 bits per heavy atom. The normalized spacial score (nSPS) is 11.6. The molecule has 1 aromatic carbocycles. The van der Waals surface area contributed by atoms with Crippen LogP contribution in [0.1, 0.15) is 25.0 Å². The number of methoxy groups -OCH3 is 1. The molecular weight excluding hydrogens is 292 g/mol. The first-order valence-electron chi connectivity index (χ1n) is 6.66. The average molecular weight is 314 g/mol. The zero-order valence-corrected chi connectivity index (χ0v) is 13.4. The van der Waals surface area contributed by atoms with Crippen LogP contribution in [0.5, 0.6) is 0 Å². The average Bonchev–Trinajstić information content (AvgIpc) is 2.36. The molecule has 21 heavy (non-hydrogen) atoms. The van der Waals surface area contributed by atoms with Crippen molar-refractivity contribution >= 4 is 15.9 Å². The van der Waals surface area contributed by atoms with E-state index in [0.29, 0.717) is 12.1 Å². The van der Waals surface area contributed by atoms with E-state index < -0.39 is 10.0 Å². The van der Waals surface area contributed by atoms with Crippen LogP contribution in [0.15, 0.2) is 24.3 Å². The van der Waals surface area contributed by atoms with Gasteiger partial charge in [0.1, 0.15) is 6.61 Å². The number of amides is 1. The van der Waals surface area contributed by atoms with Gasteiger partial charge in [-0.3, -0.25) is 4.79 Å². The maximum atomic E-state index is 11.8. The predicted octanol–water partition coefficient (Wildman–Crippen LogP) is 0.777. The van der Waals surface area contributed by atoms with Crippen molar-refractivity contribution in [2.24, 2.45) is 0 Å². The molecule has 0 heterocycles. The molecule has 0 saturated carbocycles. The minimum absolute atomic E-state index is 0.0250. The minimum Gasteiger partial charge on any atom is -0.375 e. The third-order valence-corrected chi connectivity index (χ3v) is 4.10. The first kappa shape index (κ1) is 17.6. The second-order valence-electron chi connectivity index (χ2n) is 5.06. The summed E-state index contributed by atoms with van der Waals surface area (Å²) in [5.74, 6) is -0.244. The van der Waals surface area contributed by atoms with Gasteiger partial charge in [-0.25, -0.2) is 13.1 Å². The van der Waals surface area contributed by atoms with E-state index in [0.717, 1.165) is 5.56 Å². The highest BCUT2D eigenvalue weighted by molar-refractivity contribution is 7.88. The lowest BCUT2D eigenvalue weighted by atomic mass is 10.1. The SMILES string of the molecule is COCC(=O)NCc1ccc(CS(=O)(=O)NC(C)C)cc1. The molecule has 0 aromatic heterocycles. The van der Waals surface area contributed by atoms with Crippen LogP contribution in [-0.2, 0) is 31.9 Å². The predicted molar refractivity (Wildman–Crippen MR) is 81.1 cm³/mol. The van der Waals surface area contributed by atoms with Gasteiger partial charge in [-0.05, 0) is 25.0 Å². The number of rotatable bonds is 8. The maximum Gasteiger partial charge on any atom is 0.246 e. The smallest absolute Gasteiger partial charge is 0.246 e. The van der Waals surface area contributed by atoms with E-state index in [1.165, 1.54) is 7.11 Å². The monoisotopic (exact) mass is 314 g/mol. The van der Waals surface area contributed by atoms with Gasteiger partial charge in [0.15, 0.2) is 0 Å². The number of ether oxygens (including phenoxy) is 1. The molecular formula is C14H22N2O4S. The van der Waals surface area contributed by atoms with Crippen molar-refractivity contribution in [3.63, 3.8) is 0 Å². The fourth-order valence-corrected chi connectivity index (χ4v) is 3.19. The lowest BCUT2D eigenvalue weighted by Gasteiger charge is -2.10. The Bertz CT molecular complexity index is 553. The standard InChI is InChI=1S/C14H22N2O4S/c1-11(2)16-21(18,19)10-13-6-4-12(5-7-13)8-15-14(17)9-20-3/h4-7,11,16H,8-10H2,1-3H3,(H,15,17). The number of hydrogen-bond donors (Lipinski definition) is 2. The van der Waals surface area contributed by atoms with E-state index >= 15 is 0 Å². The second kappa shape index (κ2) is 8.11. The number of benzene rings is 1. The Balaban J connectivity index is 2.56. The van der Waals surface area contributed by atoms with E-state index in [4.69, 9.17) is 4.74 Å². The molecule has 0 fully saturated rings. The first-order valence-corrected chi connectivity index (χ1v) is 8.31. The zero-order valence-electron chi connectivity index (χ0n) is 12.5. The Morgan fingerprint density at radius 2 is 1.76 bits per heavy atom. The summed E-state index contributed by atoms with van der Waals surface area (Å²) in [6.45, 7) is 3.98. The van der Waals surface area contributed by atoms with Crippen molar-refractivity contribution in [2.45, 2.75) is 32.2 Å². The molecule has 2 N–H and O–H groups in total. The molecule has 0 radical (unpaired) electrons. The van der Waals surface area contributed by atoms with Gasteiger partial charge in [0.05, 0.1) is 5.75 Å². The molecule has 0 unspecified atom stereocenters. The molecule has 1 rings (SSSR count). The summed E-state index contributed by atoms with van der Waals surface area (Å²) >= 11 is 0. The van der Waals surface area contributed by atoms with Crippen LogP contribution in [0, 0.1) is 0 Å². The van der Waals surface area contributed by atoms with Crippen LogP contribution >= 0.6 is 0 Å². The van der Waals surface area contributed by atoms with E-state index in [1.807, 2.05) is 0 Å².